The third kappa shape index (κ3) is 3.84. The lowest BCUT2D eigenvalue weighted by Gasteiger charge is -2.09. The molecule has 0 saturated carbocycles. The number of benzene rings is 1. The van der Waals surface area contributed by atoms with Crippen LogP contribution in [0.15, 0.2) is 29.1 Å². The Hall–Kier alpha value is -2.30. The van der Waals surface area contributed by atoms with Gasteiger partial charge in [0.25, 0.3) is 5.56 Å². The number of nitrogens with zero attached hydrogens (tertiary/aromatic N) is 1. The van der Waals surface area contributed by atoms with Crippen molar-refractivity contribution in [3.05, 3.63) is 51.7 Å². The van der Waals surface area contributed by atoms with Crippen LogP contribution in [-0.2, 0) is 12.8 Å². The normalized spacial score (nSPS) is 10.4. The first kappa shape index (κ1) is 15.1. The van der Waals surface area contributed by atoms with E-state index in [0.717, 1.165) is 24.1 Å². The molecule has 1 N–H and O–H groups in total. The average Bonchev–Trinajstić information content (AvgIpc) is 2.46. The van der Waals surface area contributed by atoms with Gasteiger partial charge < -0.3 is 14.5 Å². The molecule has 21 heavy (non-hydrogen) atoms. The monoisotopic (exact) mass is 288 g/mol. The Labute approximate surface area is 124 Å². The van der Waals surface area contributed by atoms with Gasteiger partial charge in [-0.3, -0.25) is 4.79 Å². The minimum Gasteiger partial charge on any atom is -0.493 e. The molecule has 5 heteroatoms. The molecular weight excluding hydrogens is 268 g/mol. The highest BCUT2D eigenvalue weighted by Crippen LogP contribution is 2.28. The van der Waals surface area contributed by atoms with E-state index in [1.165, 1.54) is 0 Å². The summed E-state index contributed by atoms with van der Waals surface area (Å²) in [7, 11) is 3.20. The molecule has 0 saturated heterocycles. The van der Waals surface area contributed by atoms with Crippen LogP contribution in [0.4, 0.5) is 0 Å². The zero-order valence-corrected chi connectivity index (χ0v) is 12.6. The molecule has 0 radical (unpaired) electrons. The van der Waals surface area contributed by atoms with Gasteiger partial charge in [-0.1, -0.05) is 19.4 Å². The second kappa shape index (κ2) is 6.92. The maximum absolute atomic E-state index is 11.7. The molecule has 2 aromatic rings. The molecule has 1 heterocycles. The van der Waals surface area contributed by atoms with Crippen molar-refractivity contribution in [1.82, 2.24) is 9.97 Å². The molecule has 5 nitrogen and oxygen atoms in total. The Morgan fingerprint density at radius 1 is 1.14 bits per heavy atom. The van der Waals surface area contributed by atoms with Gasteiger partial charge in [-0.25, -0.2) is 4.98 Å². The van der Waals surface area contributed by atoms with Crippen molar-refractivity contribution in [3.63, 3.8) is 0 Å². The van der Waals surface area contributed by atoms with Crippen molar-refractivity contribution in [2.45, 2.75) is 26.2 Å². The van der Waals surface area contributed by atoms with Crippen molar-refractivity contribution in [2.24, 2.45) is 0 Å². The standard InChI is InChI=1S/C16H20N2O3/c1-4-5-12-10-16(19)18-15(17-12)9-11-6-7-13(20-2)14(8-11)21-3/h6-8,10H,4-5,9H2,1-3H3,(H,17,18,19). The van der Waals surface area contributed by atoms with E-state index in [0.29, 0.717) is 23.7 Å². The Kier molecular flexibility index (Phi) is 4.98. The van der Waals surface area contributed by atoms with Gasteiger partial charge in [-0.2, -0.15) is 0 Å². The summed E-state index contributed by atoms with van der Waals surface area (Å²) in [6, 6.07) is 7.24. The van der Waals surface area contributed by atoms with Crippen LogP contribution in [0.25, 0.3) is 0 Å². The molecule has 2 rings (SSSR count). The number of aryl methyl sites for hydroxylation is 1. The number of H-pyrrole nitrogens is 1. The molecule has 0 unspecified atom stereocenters. The third-order valence-electron chi connectivity index (χ3n) is 3.17. The third-order valence-corrected chi connectivity index (χ3v) is 3.17. The summed E-state index contributed by atoms with van der Waals surface area (Å²) in [6.07, 6.45) is 2.32. The van der Waals surface area contributed by atoms with E-state index < -0.39 is 0 Å². The number of hydrogen-bond acceptors (Lipinski definition) is 4. The topological polar surface area (TPSA) is 64.2 Å². The number of aromatic nitrogens is 2. The van der Waals surface area contributed by atoms with Crippen LogP contribution in [0.3, 0.4) is 0 Å². The van der Waals surface area contributed by atoms with Gasteiger partial charge in [0.05, 0.1) is 14.2 Å². The van der Waals surface area contributed by atoms with Crippen LogP contribution in [0.1, 0.15) is 30.4 Å². The molecule has 0 amide bonds. The fourth-order valence-electron chi connectivity index (χ4n) is 2.22. The minimum absolute atomic E-state index is 0.107. The van der Waals surface area contributed by atoms with Crippen molar-refractivity contribution in [1.29, 1.82) is 0 Å². The zero-order chi connectivity index (χ0) is 15.2. The predicted octanol–water partition coefficient (Wildman–Crippen LogP) is 2.33. The predicted molar refractivity (Wildman–Crippen MR) is 81.2 cm³/mol. The molecule has 1 aromatic carbocycles. The van der Waals surface area contributed by atoms with Gasteiger partial charge in [-0.15, -0.1) is 0 Å². The van der Waals surface area contributed by atoms with Gasteiger partial charge in [0.1, 0.15) is 5.82 Å². The minimum atomic E-state index is -0.107. The number of ether oxygens (including phenoxy) is 2. The largest absolute Gasteiger partial charge is 0.493 e. The van der Waals surface area contributed by atoms with Crippen LogP contribution in [0, 0.1) is 0 Å². The lowest BCUT2D eigenvalue weighted by Crippen LogP contribution is -2.13. The second-order valence-corrected chi connectivity index (χ2v) is 4.80. The average molecular weight is 288 g/mol. The molecule has 0 bridgehead atoms. The molecule has 0 aliphatic rings. The molecule has 0 atom stereocenters. The van der Waals surface area contributed by atoms with Crippen LogP contribution >= 0.6 is 0 Å². The first-order chi connectivity index (χ1) is 10.2. The van der Waals surface area contributed by atoms with Crippen LogP contribution in [-0.4, -0.2) is 24.2 Å². The molecule has 0 fully saturated rings. The number of rotatable bonds is 6. The first-order valence-electron chi connectivity index (χ1n) is 6.96. The van der Waals surface area contributed by atoms with Gasteiger partial charge in [0.2, 0.25) is 0 Å². The maximum Gasteiger partial charge on any atom is 0.251 e. The zero-order valence-electron chi connectivity index (χ0n) is 12.6. The van der Waals surface area contributed by atoms with Crippen LogP contribution in [0.2, 0.25) is 0 Å². The number of methoxy groups -OCH3 is 2. The summed E-state index contributed by atoms with van der Waals surface area (Å²) >= 11 is 0. The molecule has 112 valence electrons. The van der Waals surface area contributed by atoms with E-state index in [1.54, 1.807) is 20.3 Å². The van der Waals surface area contributed by atoms with E-state index in [1.807, 2.05) is 18.2 Å². The molecule has 1 aromatic heterocycles. The SMILES string of the molecule is CCCc1cc(=O)[nH]c(Cc2ccc(OC)c(OC)c2)n1. The number of hydrogen-bond donors (Lipinski definition) is 1. The summed E-state index contributed by atoms with van der Waals surface area (Å²) in [5.41, 5.74) is 1.73. The van der Waals surface area contributed by atoms with Crippen molar-refractivity contribution >= 4 is 0 Å². The maximum atomic E-state index is 11.7. The highest BCUT2D eigenvalue weighted by Gasteiger charge is 2.07. The highest BCUT2D eigenvalue weighted by atomic mass is 16.5. The van der Waals surface area contributed by atoms with E-state index in [4.69, 9.17) is 9.47 Å². The van der Waals surface area contributed by atoms with Gasteiger partial charge >= 0.3 is 0 Å². The van der Waals surface area contributed by atoms with Gasteiger partial charge in [-0.05, 0) is 24.1 Å². The van der Waals surface area contributed by atoms with E-state index in [-0.39, 0.29) is 5.56 Å². The fraction of sp³-hybridized carbons (Fsp3) is 0.375. The smallest absolute Gasteiger partial charge is 0.251 e. The summed E-state index contributed by atoms with van der Waals surface area (Å²) in [5.74, 6) is 2.02. The van der Waals surface area contributed by atoms with Gasteiger partial charge in [0, 0.05) is 18.2 Å². The lowest BCUT2D eigenvalue weighted by molar-refractivity contribution is 0.354. The van der Waals surface area contributed by atoms with E-state index in [2.05, 4.69) is 16.9 Å². The quantitative estimate of drug-likeness (QED) is 0.886. The molecule has 0 spiro atoms. The van der Waals surface area contributed by atoms with Crippen molar-refractivity contribution < 1.29 is 9.47 Å². The second-order valence-electron chi connectivity index (χ2n) is 4.80. The summed E-state index contributed by atoms with van der Waals surface area (Å²) in [4.78, 5) is 18.9. The lowest BCUT2D eigenvalue weighted by atomic mass is 10.1. The Balaban J connectivity index is 2.27. The first-order valence-corrected chi connectivity index (χ1v) is 6.96. The van der Waals surface area contributed by atoms with Crippen molar-refractivity contribution in [3.8, 4) is 11.5 Å². The van der Waals surface area contributed by atoms with Crippen LogP contribution in [0.5, 0.6) is 11.5 Å². The summed E-state index contributed by atoms with van der Waals surface area (Å²) < 4.78 is 10.5. The van der Waals surface area contributed by atoms with E-state index >= 15 is 0 Å². The Bertz CT molecular complexity index is 665. The number of nitrogens with one attached hydrogen (secondary N) is 1. The fourth-order valence-corrected chi connectivity index (χ4v) is 2.22. The van der Waals surface area contributed by atoms with E-state index in [9.17, 15) is 4.79 Å². The molecule has 0 aliphatic carbocycles. The van der Waals surface area contributed by atoms with Gasteiger partial charge in [0.15, 0.2) is 11.5 Å². The Morgan fingerprint density at radius 3 is 2.57 bits per heavy atom. The molecular formula is C16H20N2O3. The molecule has 0 aliphatic heterocycles. The number of aromatic amines is 1. The summed E-state index contributed by atoms with van der Waals surface area (Å²) in [5, 5.41) is 0. The van der Waals surface area contributed by atoms with Crippen molar-refractivity contribution in [2.75, 3.05) is 14.2 Å². The van der Waals surface area contributed by atoms with Crippen LogP contribution < -0.4 is 15.0 Å². The Morgan fingerprint density at radius 2 is 1.90 bits per heavy atom. The summed E-state index contributed by atoms with van der Waals surface area (Å²) in [6.45, 7) is 2.07. The highest BCUT2D eigenvalue weighted by molar-refractivity contribution is 5.43.